The first-order chi connectivity index (χ1) is 7.12. The lowest BCUT2D eigenvalue weighted by atomic mass is 10.1. The van der Waals surface area contributed by atoms with Gasteiger partial charge in [-0.25, -0.2) is 0 Å². The molecule has 1 aromatic carbocycles. The number of nitrogens with zero attached hydrogens (tertiary/aromatic N) is 1. The highest BCUT2D eigenvalue weighted by Gasteiger charge is 2.18. The second kappa shape index (κ2) is 4.19. The SMILES string of the molecule is C=C(c1ccc([Si](C)(C)C)cc1)[N+](C)(C)C. The molecule has 0 heterocycles. The fourth-order valence-electron chi connectivity index (χ4n) is 1.55. The Labute approximate surface area is 101 Å². The minimum atomic E-state index is -1.17. The Bertz CT molecular complexity index is 377. The zero-order chi connectivity index (χ0) is 12.6. The summed E-state index contributed by atoms with van der Waals surface area (Å²) >= 11 is 0. The summed E-state index contributed by atoms with van der Waals surface area (Å²) in [5.41, 5.74) is 2.40. The summed E-state index contributed by atoms with van der Waals surface area (Å²) in [6, 6.07) is 8.95. The second-order valence-electron chi connectivity index (χ2n) is 6.29. The van der Waals surface area contributed by atoms with E-state index in [-0.39, 0.29) is 0 Å². The van der Waals surface area contributed by atoms with Crippen LogP contribution in [-0.4, -0.2) is 33.7 Å². The maximum Gasteiger partial charge on any atom is 0.132 e. The van der Waals surface area contributed by atoms with Gasteiger partial charge in [-0.2, -0.15) is 0 Å². The van der Waals surface area contributed by atoms with Gasteiger partial charge >= 0.3 is 0 Å². The average molecular weight is 234 g/mol. The van der Waals surface area contributed by atoms with Crippen molar-refractivity contribution in [3.8, 4) is 0 Å². The number of hydrogen-bond acceptors (Lipinski definition) is 0. The van der Waals surface area contributed by atoms with Crippen molar-refractivity contribution < 1.29 is 4.48 Å². The zero-order valence-corrected chi connectivity index (χ0v) is 12.5. The molecule has 0 bridgehead atoms. The molecule has 1 aromatic rings. The Hall–Kier alpha value is -0.863. The molecule has 0 saturated carbocycles. The molecule has 1 nitrogen and oxygen atoms in total. The lowest BCUT2D eigenvalue weighted by Gasteiger charge is -2.26. The van der Waals surface area contributed by atoms with Crippen LogP contribution in [-0.2, 0) is 0 Å². The zero-order valence-electron chi connectivity index (χ0n) is 11.5. The van der Waals surface area contributed by atoms with Crippen molar-refractivity contribution in [1.29, 1.82) is 0 Å². The van der Waals surface area contributed by atoms with E-state index in [0.717, 1.165) is 10.2 Å². The Morgan fingerprint density at radius 1 is 1.00 bits per heavy atom. The molecule has 0 N–H and O–H groups in total. The molecule has 2 heteroatoms. The maximum atomic E-state index is 4.17. The average Bonchev–Trinajstić information content (AvgIpc) is 2.14. The molecule has 0 aromatic heterocycles. The lowest BCUT2D eigenvalue weighted by molar-refractivity contribution is -0.795. The third kappa shape index (κ3) is 3.06. The van der Waals surface area contributed by atoms with Gasteiger partial charge in [0, 0.05) is 5.56 Å². The van der Waals surface area contributed by atoms with Gasteiger partial charge in [0.15, 0.2) is 0 Å². The van der Waals surface area contributed by atoms with Crippen molar-refractivity contribution in [2.45, 2.75) is 19.6 Å². The van der Waals surface area contributed by atoms with Crippen molar-refractivity contribution in [1.82, 2.24) is 0 Å². The van der Waals surface area contributed by atoms with Crippen LogP contribution < -0.4 is 5.19 Å². The molecule has 0 aliphatic heterocycles. The van der Waals surface area contributed by atoms with Crippen LogP contribution in [0.2, 0.25) is 19.6 Å². The lowest BCUT2D eigenvalue weighted by Crippen LogP contribution is -2.37. The first-order valence-corrected chi connectivity index (χ1v) is 9.24. The van der Waals surface area contributed by atoms with E-state index in [0.29, 0.717) is 0 Å². The van der Waals surface area contributed by atoms with Crippen molar-refractivity contribution in [3.05, 3.63) is 36.4 Å². The van der Waals surface area contributed by atoms with Gasteiger partial charge in [0.1, 0.15) is 5.70 Å². The van der Waals surface area contributed by atoms with E-state index in [9.17, 15) is 0 Å². The fraction of sp³-hybridized carbons (Fsp3) is 0.429. The molecular weight excluding hydrogens is 210 g/mol. The number of benzene rings is 1. The van der Waals surface area contributed by atoms with Crippen LogP contribution in [0, 0.1) is 0 Å². The summed E-state index contributed by atoms with van der Waals surface area (Å²) < 4.78 is 0.784. The van der Waals surface area contributed by atoms with Crippen LogP contribution in [0.15, 0.2) is 30.8 Å². The van der Waals surface area contributed by atoms with Crippen LogP contribution in [0.1, 0.15) is 5.56 Å². The molecule has 0 spiro atoms. The summed E-state index contributed by atoms with van der Waals surface area (Å²) in [7, 11) is 5.27. The molecule has 88 valence electrons. The van der Waals surface area contributed by atoms with Gasteiger partial charge in [-0.15, -0.1) is 0 Å². The Morgan fingerprint density at radius 2 is 1.44 bits per heavy atom. The molecule has 0 aliphatic rings. The van der Waals surface area contributed by atoms with E-state index in [1.807, 2.05) is 0 Å². The molecule has 0 unspecified atom stereocenters. The predicted octanol–water partition coefficient (Wildman–Crippen LogP) is 2.91. The van der Waals surface area contributed by atoms with Gasteiger partial charge < -0.3 is 0 Å². The fourth-order valence-corrected chi connectivity index (χ4v) is 2.72. The van der Waals surface area contributed by atoms with E-state index < -0.39 is 8.07 Å². The molecular formula is C14H24NSi+. The summed E-state index contributed by atoms with van der Waals surface area (Å²) in [6.45, 7) is 11.3. The van der Waals surface area contributed by atoms with Gasteiger partial charge in [0.25, 0.3) is 0 Å². The predicted molar refractivity (Wildman–Crippen MR) is 76.5 cm³/mol. The monoisotopic (exact) mass is 234 g/mol. The van der Waals surface area contributed by atoms with Crippen molar-refractivity contribution in [2.24, 2.45) is 0 Å². The number of quaternary nitrogens is 1. The summed E-state index contributed by atoms with van der Waals surface area (Å²) in [5, 5.41) is 1.51. The highest BCUT2D eigenvalue weighted by Crippen LogP contribution is 2.19. The van der Waals surface area contributed by atoms with Gasteiger partial charge in [-0.3, -0.25) is 4.48 Å². The molecule has 0 aliphatic carbocycles. The Kier molecular flexibility index (Phi) is 3.46. The van der Waals surface area contributed by atoms with Crippen LogP contribution in [0.25, 0.3) is 5.70 Å². The van der Waals surface area contributed by atoms with Crippen molar-refractivity contribution in [2.75, 3.05) is 21.1 Å². The quantitative estimate of drug-likeness (QED) is 0.557. The third-order valence-corrected chi connectivity index (χ3v) is 4.96. The maximum absolute atomic E-state index is 4.17. The van der Waals surface area contributed by atoms with Gasteiger partial charge in [0.2, 0.25) is 0 Å². The van der Waals surface area contributed by atoms with Crippen LogP contribution in [0.3, 0.4) is 0 Å². The topological polar surface area (TPSA) is 0 Å². The molecule has 16 heavy (non-hydrogen) atoms. The molecule has 1 rings (SSSR count). The smallest absolute Gasteiger partial charge is 0.132 e. The third-order valence-electron chi connectivity index (χ3n) is 2.89. The van der Waals surface area contributed by atoms with E-state index >= 15 is 0 Å². The Balaban J connectivity index is 3.01. The first kappa shape index (κ1) is 13.2. The molecule has 0 atom stereocenters. The highest BCUT2D eigenvalue weighted by molar-refractivity contribution is 6.88. The number of hydrogen-bond donors (Lipinski definition) is 0. The number of rotatable bonds is 3. The highest BCUT2D eigenvalue weighted by atomic mass is 28.3. The van der Waals surface area contributed by atoms with Gasteiger partial charge in [-0.1, -0.05) is 37.0 Å². The minimum absolute atomic E-state index is 0.784. The largest absolute Gasteiger partial charge is 0.298 e. The van der Waals surface area contributed by atoms with Crippen LogP contribution in [0.4, 0.5) is 0 Å². The molecule has 0 saturated heterocycles. The van der Waals surface area contributed by atoms with Gasteiger partial charge in [-0.05, 0) is 18.7 Å². The van der Waals surface area contributed by atoms with E-state index in [4.69, 9.17) is 0 Å². The van der Waals surface area contributed by atoms with Crippen molar-refractivity contribution in [3.63, 3.8) is 0 Å². The molecule has 0 fully saturated rings. The van der Waals surface area contributed by atoms with Gasteiger partial charge in [0.05, 0.1) is 29.2 Å². The van der Waals surface area contributed by atoms with E-state index in [1.165, 1.54) is 10.8 Å². The normalized spacial score (nSPS) is 12.6. The van der Waals surface area contributed by atoms with Crippen LogP contribution in [0.5, 0.6) is 0 Å². The molecule has 0 radical (unpaired) electrons. The summed E-state index contributed by atoms with van der Waals surface area (Å²) in [4.78, 5) is 0. The van der Waals surface area contributed by atoms with E-state index in [2.05, 4.69) is 71.6 Å². The first-order valence-electron chi connectivity index (χ1n) is 5.74. The van der Waals surface area contributed by atoms with Crippen LogP contribution >= 0.6 is 0 Å². The van der Waals surface area contributed by atoms with E-state index in [1.54, 1.807) is 0 Å². The standard InChI is InChI=1S/C14H24NSi/c1-12(15(2,3)4)13-8-10-14(11-9-13)16(5,6)7/h8-11H,1H2,2-7H3/q+1. The summed E-state index contributed by atoms with van der Waals surface area (Å²) in [6.07, 6.45) is 0. The summed E-state index contributed by atoms with van der Waals surface area (Å²) in [5.74, 6) is 0. The molecule has 0 amide bonds. The van der Waals surface area contributed by atoms with Crippen molar-refractivity contribution >= 4 is 19.0 Å². The Morgan fingerprint density at radius 3 is 1.75 bits per heavy atom. The minimum Gasteiger partial charge on any atom is -0.298 e. The second-order valence-corrected chi connectivity index (χ2v) is 11.4.